The average molecular weight is 443 g/mol. The van der Waals surface area contributed by atoms with Crippen LogP contribution in [0.25, 0.3) is 6.08 Å². The molecular weight excluding hydrogens is 412 g/mol. The average Bonchev–Trinajstić information content (AvgIpc) is 2.63. The Morgan fingerprint density at radius 1 is 1.09 bits per heavy atom. The Hall–Kier alpha value is -3.39. The Labute approximate surface area is 187 Å². The summed E-state index contributed by atoms with van der Waals surface area (Å²) in [6.45, 7) is 7.17. The third kappa shape index (κ3) is 6.07. The van der Waals surface area contributed by atoms with Crippen molar-refractivity contribution >= 4 is 24.0 Å². The monoisotopic (exact) mass is 442 g/mol. The van der Waals surface area contributed by atoms with Crippen molar-refractivity contribution in [3.05, 3.63) is 64.0 Å². The fourth-order valence-electron chi connectivity index (χ4n) is 3.60. The molecule has 1 aliphatic heterocycles. The number of carbonyl (C=O) groups excluding carboxylic acids is 1. The number of carboxylic acid groups (broad SMARTS) is 2. The Bertz CT molecular complexity index is 1010. The zero-order valence-electron chi connectivity index (χ0n) is 19.2. The molecule has 172 valence electrons. The molecule has 0 amide bonds. The molecule has 0 saturated carbocycles. The molecule has 2 rings (SSSR count). The second-order valence-electron chi connectivity index (χ2n) is 8.83. The molecule has 32 heavy (non-hydrogen) atoms. The van der Waals surface area contributed by atoms with Crippen LogP contribution in [0.15, 0.2) is 52.9 Å². The van der Waals surface area contributed by atoms with Crippen molar-refractivity contribution in [2.75, 3.05) is 20.6 Å². The van der Waals surface area contributed by atoms with Gasteiger partial charge in [-0.25, -0.2) is 14.4 Å². The summed E-state index contributed by atoms with van der Waals surface area (Å²) in [5.41, 5.74) is 1.03. The topological polar surface area (TPSA) is 116 Å². The number of nitrogens with one attached hydrogen (secondary N) is 1. The minimum Gasteiger partial charge on any atom is -0.478 e. The number of ether oxygens (including phenoxy) is 1. The molecule has 1 heterocycles. The number of dihydropyridines is 1. The highest BCUT2D eigenvalue weighted by Gasteiger charge is 2.38. The standard InChI is InChI=1S/C24H30N2O6/c1-14-19(22(28)29)20(21(23(30)31)17(25-14)13-26(5)6)16-10-8-7-9-15(16)11-12-18(27)32-24(2,3)4/h7-12,20,25H,13H2,1-6H3,(H,28,29)(H,30,31)/b12-11+/t20-/m0/s1. The van der Waals surface area contributed by atoms with E-state index >= 15 is 0 Å². The molecule has 0 aliphatic carbocycles. The van der Waals surface area contributed by atoms with Gasteiger partial charge < -0.3 is 25.2 Å². The van der Waals surface area contributed by atoms with Crippen LogP contribution in [0.5, 0.6) is 0 Å². The molecule has 0 saturated heterocycles. The molecule has 0 radical (unpaired) electrons. The molecule has 0 fully saturated rings. The van der Waals surface area contributed by atoms with Gasteiger partial charge in [0.1, 0.15) is 5.60 Å². The van der Waals surface area contributed by atoms with E-state index in [1.54, 1.807) is 71.0 Å². The van der Waals surface area contributed by atoms with E-state index in [-0.39, 0.29) is 17.7 Å². The van der Waals surface area contributed by atoms with Crippen LogP contribution in [0.3, 0.4) is 0 Å². The van der Waals surface area contributed by atoms with Gasteiger partial charge in [0.05, 0.1) is 17.1 Å². The zero-order chi connectivity index (χ0) is 24.2. The van der Waals surface area contributed by atoms with Crippen molar-refractivity contribution in [3.8, 4) is 0 Å². The number of hydrogen-bond acceptors (Lipinski definition) is 6. The van der Waals surface area contributed by atoms with Crippen LogP contribution in [-0.4, -0.2) is 59.3 Å². The summed E-state index contributed by atoms with van der Waals surface area (Å²) in [7, 11) is 3.60. The van der Waals surface area contributed by atoms with Crippen molar-refractivity contribution in [2.24, 2.45) is 0 Å². The normalized spacial score (nSPS) is 17.0. The number of benzene rings is 1. The molecule has 1 aromatic carbocycles. The molecule has 1 aliphatic rings. The maximum atomic E-state index is 12.3. The van der Waals surface area contributed by atoms with Crippen LogP contribution in [0.1, 0.15) is 44.7 Å². The van der Waals surface area contributed by atoms with Gasteiger partial charge in [0, 0.05) is 24.0 Å². The molecular formula is C24H30N2O6. The van der Waals surface area contributed by atoms with Crippen LogP contribution in [0.2, 0.25) is 0 Å². The summed E-state index contributed by atoms with van der Waals surface area (Å²) in [4.78, 5) is 38.4. The summed E-state index contributed by atoms with van der Waals surface area (Å²) in [6.07, 6.45) is 2.78. The van der Waals surface area contributed by atoms with E-state index in [2.05, 4.69) is 5.32 Å². The SMILES string of the molecule is CC1=C(C(=O)O)[C@H](c2ccccc2/C=C/C(=O)OC(C)(C)C)C(C(=O)O)=C(CN(C)C)N1. The molecule has 3 N–H and O–H groups in total. The maximum absolute atomic E-state index is 12.3. The number of likely N-dealkylation sites (N-methyl/N-ethyl adjacent to an activating group) is 1. The van der Waals surface area contributed by atoms with Gasteiger partial charge in [-0.2, -0.15) is 0 Å². The summed E-state index contributed by atoms with van der Waals surface area (Å²) in [5.74, 6) is -4.00. The third-order valence-electron chi connectivity index (χ3n) is 4.69. The number of rotatable bonds is 7. The number of carboxylic acids is 2. The quantitative estimate of drug-likeness (QED) is 0.436. The molecule has 0 unspecified atom stereocenters. The Morgan fingerprint density at radius 3 is 2.22 bits per heavy atom. The van der Waals surface area contributed by atoms with Crippen molar-refractivity contribution in [3.63, 3.8) is 0 Å². The van der Waals surface area contributed by atoms with E-state index in [1.807, 2.05) is 0 Å². The molecule has 0 aromatic heterocycles. The number of carbonyl (C=O) groups is 3. The van der Waals surface area contributed by atoms with Crippen LogP contribution in [0.4, 0.5) is 0 Å². The van der Waals surface area contributed by atoms with E-state index in [9.17, 15) is 24.6 Å². The Balaban J connectivity index is 2.66. The van der Waals surface area contributed by atoms with Crippen molar-refractivity contribution < 1.29 is 29.3 Å². The van der Waals surface area contributed by atoms with E-state index < -0.39 is 29.4 Å². The van der Waals surface area contributed by atoms with E-state index in [1.165, 1.54) is 12.2 Å². The third-order valence-corrected chi connectivity index (χ3v) is 4.69. The largest absolute Gasteiger partial charge is 0.478 e. The first-order valence-electron chi connectivity index (χ1n) is 10.1. The smallest absolute Gasteiger partial charge is 0.334 e. The van der Waals surface area contributed by atoms with Gasteiger partial charge in [0.25, 0.3) is 0 Å². The summed E-state index contributed by atoms with van der Waals surface area (Å²) < 4.78 is 5.29. The predicted molar refractivity (Wildman–Crippen MR) is 121 cm³/mol. The Kier molecular flexibility index (Phi) is 7.64. The number of aliphatic carboxylic acids is 2. The van der Waals surface area contributed by atoms with Crippen LogP contribution >= 0.6 is 0 Å². The van der Waals surface area contributed by atoms with E-state index in [0.717, 1.165) is 0 Å². The van der Waals surface area contributed by atoms with Gasteiger partial charge in [0.2, 0.25) is 0 Å². The van der Waals surface area contributed by atoms with Gasteiger partial charge in [-0.3, -0.25) is 0 Å². The zero-order valence-corrected chi connectivity index (χ0v) is 19.2. The van der Waals surface area contributed by atoms with Crippen molar-refractivity contribution in [1.82, 2.24) is 10.2 Å². The minimum absolute atomic E-state index is 0.0418. The fraction of sp³-hybridized carbons (Fsp3) is 0.375. The number of esters is 1. The van der Waals surface area contributed by atoms with Gasteiger partial charge in [-0.15, -0.1) is 0 Å². The van der Waals surface area contributed by atoms with Crippen molar-refractivity contribution in [1.29, 1.82) is 0 Å². The molecule has 1 aromatic rings. The first-order valence-corrected chi connectivity index (χ1v) is 10.1. The number of hydrogen-bond donors (Lipinski definition) is 3. The lowest BCUT2D eigenvalue weighted by Crippen LogP contribution is -2.36. The van der Waals surface area contributed by atoms with Crippen LogP contribution in [-0.2, 0) is 19.1 Å². The second kappa shape index (κ2) is 9.82. The lowest BCUT2D eigenvalue weighted by molar-refractivity contribution is -0.148. The predicted octanol–water partition coefficient (Wildman–Crippen LogP) is 2.99. The van der Waals surface area contributed by atoms with Crippen LogP contribution in [0, 0.1) is 0 Å². The Morgan fingerprint density at radius 2 is 1.69 bits per heavy atom. The summed E-state index contributed by atoms with van der Waals surface area (Å²) in [5, 5.41) is 22.9. The van der Waals surface area contributed by atoms with E-state index in [4.69, 9.17) is 4.74 Å². The number of nitrogens with zero attached hydrogens (tertiary/aromatic N) is 1. The van der Waals surface area contributed by atoms with Gasteiger partial charge in [-0.05, 0) is 59.0 Å². The van der Waals surface area contributed by atoms with Crippen molar-refractivity contribution in [2.45, 2.75) is 39.2 Å². The molecule has 0 spiro atoms. The first-order chi connectivity index (χ1) is 14.8. The highest BCUT2D eigenvalue weighted by molar-refractivity contribution is 5.99. The van der Waals surface area contributed by atoms with Gasteiger partial charge in [-0.1, -0.05) is 24.3 Å². The highest BCUT2D eigenvalue weighted by atomic mass is 16.6. The highest BCUT2D eigenvalue weighted by Crippen LogP contribution is 2.40. The lowest BCUT2D eigenvalue weighted by atomic mass is 9.78. The molecule has 0 bridgehead atoms. The van der Waals surface area contributed by atoms with E-state index in [0.29, 0.717) is 22.5 Å². The summed E-state index contributed by atoms with van der Waals surface area (Å²) >= 11 is 0. The van der Waals surface area contributed by atoms with Gasteiger partial charge in [0.15, 0.2) is 0 Å². The second-order valence-corrected chi connectivity index (χ2v) is 8.83. The van der Waals surface area contributed by atoms with Crippen LogP contribution < -0.4 is 5.32 Å². The lowest BCUT2D eigenvalue weighted by Gasteiger charge is -2.31. The fourth-order valence-corrected chi connectivity index (χ4v) is 3.60. The molecule has 1 atom stereocenters. The molecule has 8 nitrogen and oxygen atoms in total. The first kappa shape index (κ1) is 24.9. The maximum Gasteiger partial charge on any atom is 0.334 e. The summed E-state index contributed by atoms with van der Waals surface area (Å²) in [6, 6.07) is 6.83. The number of allylic oxidation sites excluding steroid dienone is 1. The van der Waals surface area contributed by atoms with Gasteiger partial charge >= 0.3 is 17.9 Å². The molecule has 8 heteroatoms. The minimum atomic E-state index is -1.21.